The molecular formula is C23H17ClO5. The summed E-state index contributed by atoms with van der Waals surface area (Å²) in [7, 11) is 0. The molecule has 1 atom stereocenters. The van der Waals surface area contributed by atoms with E-state index >= 15 is 0 Å². The number of Topliss-reactive ketones (excluding diaryl/α,β-unsaturated/α-hetero) is 1. The largest absolute Gasteiger partial charge is 0.445 e. The maximum Gasteiger partial charge on any atom is 0.343 e. The van der Waals surface area contributed by atoms with Gasteiger partial charge in [-0.2, -0.15) is 0 Å². The van der Waals surface area contributed by atoms with Gasteiger partial charge in [0.1, 0.15) is 11.3 Å². The van der Waals surface area contributed by atoms with Crippen molar-refractivity contribution in [2.24, 2.45) is 0 Å². The molecule has 0 radical (unpaired) electrons. The second kappa shape index (κ2) is 9.17. The van der Waals surface area contributed by atoms with E-state index < -0.39 is 18.0 Å². The molecule has 0 aliphatic heterocycles. The Morgan fingerprint density at radius 2 is 1.45 bits per heavy atom. The van der Waals surface area contributed by atoms with Gasteiger partial charge in [-0.25, -0.2) is 4.79 Å². The minimum atomic E-state index is -1.19. The lowest BCUT2D eigenvalue weighted by atomic mass is 9.99. The lowest BCUT2D eigenvalue weighted by molar-refractivity contribution is -0.131. The highest BCUT2D eigenvalue weighted by Gasteiger charge is 2.28. The molecule has 29 heavy (non-hydrogen) atoms. The average Bonchev–Trinajstić information content (AvgIpc) is 2.73. The first-order valence-corrected chi connectivity index (χ1v) is 9.16. The number of hydrogen-bond donors (Lipinski definition) is 0. The zero-order valence-corrected chi connectivity index (χ0v) is 16.3. The van der Waals surface area contributed by atoms with Crippen molar-refractivity contribution in [2.45, 2.75) is 13.0 Å². The number of carbonyl (C=O) groups is 3. The van der Waals surface area contributed by atoms with Crippen molar-refractivity contribution in [3.8, 4) is 5.75 Å². The van der Waals surface area contributed by atoms with Gasteiger partial charge in [-0.05, 0) is 24.3 Å². The molecule has 0 aliphatic carbocycles. The van der Waals surface area contributed by atoms with Gasteiger partial charge in [0.2, 0.25) is 5.78 Å². The summed E-state index contributed by atoms with van der Waals surface area (Å²) in [6, 6.07) is 21.2. The summed E-state index contributed by atoms with van der Waals surface area (Å²) in [4.78, 5) is 37.2. The normalized spacial score (nSPS) is 11.4. The molecule has 0 unspecified atom stereocenters. The zero-order valence-electron chi connectivity index (χ0n) is 15.5. The number of para-hydroxylation sites is 1. The number of esters is 2. The molecule has 0 saturated carbocycles. The number of rotatable bonds is 6. The number of ketones is 1. The highest BCUT2D eigenvalue weighted by Crippen LogP contribution is 2.27. The molecule has 146 valence electrons. The number of hydrogen-bond acceptors (Lipinski definition) is 5. The number of carbonyl (C=O) groups excluding carboxylic acids is 3. The molecule has 0 bridgehead atoms. The topological polar surface area (TPSA) is 69.7 Å². The van der Waals surface area contributed by atoms with Gasteiger partial charge in [0.05, 0.1) is 0 Å². The van der Waals surface area contributed by atoms with Crippen LogP contribution >= 0.6 is 11.6 Å². The lowest BCUT2D eigenvalue weighted by Crippen LogP contribution is -2.21. The third kappa shape index (κ3) is 5.09. The van der Waals surface area contributed by atoms with E-state index in [1.54, 1.807) is 66.7 Å². The predicted octanol–water partition coefficient (Wildman–Crippen LogP) is 5.05. The molecule has 3 rings (SSSR count). The maximum absolute atomic E-state index is 13.1. The maximum atomic E-state index is 13.1. The smallest absolute Gasteiger partial charge is 0.343 e. The Bertz CT molecular complexity index is 1030. The fraction of sp³-hybridized carbons (Fsp3) is 0.0870. The van der Waals surface area contributed by atoms with Gasteiger partial charge in [-0.1, -0.05) is 66.2 Å². The molecule has 0 spiro atoms. The van der Waals surface area contributed by atoms with Crippen LogP contribution in [0.15, 0.2) is 78.9 Å². The predicted molar refractivity (Wildman–Crippen MR) is 108 cm³/mol. The van der Waals surface area contributed by atoms with E-state index in [1.807, 2.05) is 0 Å². The number of halogens is 1. The van der Waals surface area contributed by atoms with Crippen molar-refractivity contribution in [3.05, 3.63) is 101 Å². The summed E-state index contributed by atoms with van der Waals surface area (Å²) in [6.07, 6.45) is -1.19. The monoisotopic (exact) mass is 408 g/mol. The van der Waals surface area contributed by atoms with Crippen LogP contribution in [-0.2, 0) is 9.53 Å². The highest BCUT2D eigenvalue weighted by molar-refractivity contribution is 6.30. The van der Waals surface area contributed by atoms with Crippen molar-refractivity contribution >= 4 is 29.3 Å². The van der Waals surface area contributed by atoms with E-state index in [0.717, 1.165) is 0 Å². The first kappa shape index (κ1) is 20.3. The Morgan fingerprint density at radius 1 is 0.828 bits per heavy atom. The molecule has 5 nitrogen and oxygen atoms in total. The average molecular weight is 409 g/mol. The molecule has 0 aliphatic rings. The lowest BCUT2D eigenvalue weighted by Gasteiger charge is -2.18. The molecule has 3 aromatic carbocycles. The van der Waals surface area contributed by atoms with Crippen LogP contribution in [0.1, 0.15) is 39.3 Å². The SMILES string of the molecule is CC(=O)Oc1ccccc1C(=O)O[C@@H](C(=O)c1ccccc1)c1ccc(Cl)cc1. The van der Waals surface area contributed by atoms with Crippen molar-refractivity contribution in [1.29, 1.82) is 0 Å². The molecule has 6 heteroatoms. The Morgan fingerprint density at radius 3 is 2.10 bits per heavy atom. The minimum absolute atomic E-state index is 0.0440. The summed E-state index contributed by atoms with van der Waals surface area (Å²) >= 11 is 5.94. The van der Waals surface area contributed by atoms with E-state index in [2.05, 4.69) is 0 Å². The Hall–Kier alpha value is -3.44. The second-order valence-corrected chi connectivity index (χ2v) is 6.59. The van der Waals surface area contributed by atoms with E-state index in [1.165, 1.54) is 19.1 Å². The Labute approximate surface area is 172 Å². The van der Waals surface area contributed by atoms with E-state index in [4.69, 9.17) is 21.1 Å². The van der Waals surface area contributed by atoms with E-state index in [0.29, 0.717) is 16.1 Å². The van der Waals surface area contributed by atoms with Crippen LogP contribution in [0.4, 0.5) is 0 Å². The van der Waals surface area contributed by atoms with Crippen LogP contribution in [0.3, 0.4) is 0 Å². The first-order chi connectivity index (χ1) is 14.0. The molecule has 3 aromatic rings. The highest BCUT2D eigenvalue weighted by atomic mass is 35.5. The van der Waals surface area contributed by atoms with E-state index in [-0.39, 0.29) is 17.1 Å². The standard InChI is InChI=1S/C23H17ClO5/c1-15(25)28-20-10-6-5-9-19(20)23(27)29-22(17-11-13-18(24)14-12-17)21(26)16-7-3-2-4-8-16/h2-14,22H,1H3/t22-/m1/s1. The third-order valence-corrected chi connectivity index (χ3v) is 4.31. The third-order valence-electron chi connectivity index (χ3n) is 4.05. The summed E-state index contributed by atoms with van der Waals surface area (Å²) in [5.74, 6) is -1.68. The van der Waals surface area contributed by atoms with Crippen LogP contribution in [0.2, 0.25) is 5.02 Å². The number of ether oxygens (including phenoxy) is 2. The van der Waals surface area contributed by atoms with Crippen molar-refractivity contribution in [2.75, 3.05) is 0 Å². The number of benzene rings is 3. The molecule has 0 amide bonds. The van der Waals surface area contributed by atoms with Gasteiger partial charge >= 0.3 is 11.9 Å². The summed E-state index contributed by atoms with van der Waals surface area (Å²) in [5.41, 5.74) is 0.914. The quantitative estimate of drug-likeness (QED) is 0.324. The van der Waals surface area contributed by atoms with Gasteiger partial charge in [-0.3, -0.25) is 9.59 Å². The molecule has 0 heterocycles. The summed E-state index contributed by atoms with van der Waals surface area (Å²) < 4.78 is 10.7. The molecular weight excluding hydrogens is 392 g/mol. The van der Waals surface area contributed by atoms with Gasteiger partial charge < -0.3 is 9.47 Å². The first-order valence-electron chi connectivity index (χ1n) is 8.79. The molecule has 0 saturated heterocycles. The van der Waals surface area contributed by atoms with E-state index in [9.17, 15) is 14.4 Å². The Balaban J connectivity index is 1.95. The van der Waals surface area contributed by atoms with Gasteiger partial charge in [0.15, 0.2) is 6.10 Å². The van der Waals surface area contributed by atoms with Crippen LogP contribution in [-0.4, -0.2) is 17.7 Å². The molecule has 0 aromatic heterocycles. The van der Waals surface area contributed by atoms with Gasteiger partial charge in [-0.15, -0.1) is 0 Å². The summed E-state index contributed by atoms with van der Waals surface area (Å²) in [6.45, 7) is 1.23. The summed E-state index contributed by atoms with van der Waals surface area (Å²) in [5, 5.41) is 0.492. The van der Waals surface area contributed by atoms with Crippen molar-refractivity contribution in [3.63, 3.8) is 0 Å². The second-order valence-electron chi connectivity index (χ2n) is 6.16. The van der Waals surface area contributed by atoms with Crippen molar-refractivity contribution in [1.82, 2.24) is 0 Å². The Kier molecular flexibility index (Phi) is 6.42. The van der Waals surface area contributed by atoms with Crippen LogP contribution in [0.5, 0.6) is 5.75 Å². The minimum Gasteiger partial charge on any atom is -0.445 e. The fourth-order valence-corrected chi connectivity index (χ4v) is 2.84. The van der Waals surface area contributed by atoms with Gasteiger partial charge in [0, 0.05) is 23.1 Å². The van der Waals surface area contributed by atoms with Crippen LogP contribution < -0.4 is 4.74 Å². The zero-order chi connectivity index (χ0) is 20.8. The van der Waals surface area contributed by atoms with Crippen LogP contribution in [0, 0.1) is 0 Å². The van der Waals surface area contributed by atoms with Gasteiger partial charge in [0.25, 0.3) is 0 Å². The fourth-order valence-electron chi connectivity index (χ4n) is 2.71. The van der Waals surface area contributed by atoms with Crippen molar-refractivity contribution < 1.29 is 23.9 Å². The molecule has 0 N–H and O–H groups in total. The molecule has 0 fully saturated rings. The van der Waals surface area contributed by atoms with Crippen LogP contribution in [0.25, 0.3) is 0 Å².